The van der Waals surface area contributed by atoms with Crippen LogP contribution in [-0.4, -0.2) is 22.4 Å². The Morgan fingerprint density at radius 2 is 2.19 bits per heavy atom. The molecule has 0 radical (unpaired) electrons. The summed E-state index contributed by atoms with van der Waals surface area (Å²) in [7, 11) is 0. The Labute approximate surface area is 122 Å². The first-order chi connectivity index (χ1) is 10.2. The SMILES string of the molecule is Cc1nc2cc(CCNC(=O)c3ccccn3)ccc2o1. The van der Waals surface area contributed by atoms with E-state index in [0.717, 1.165) is 23.1 Å². The van der Waals surface area contributed by atoms with Crippen LogP contribution < -0.4 is 5.32 Å². The molecule has 21 heavy (non-hydrogen) atoms. The van der Waals surface area contributed by atoms with Crippen LogP contribution in [0.25, 0.3) is 11.1 Å². The number of carbonyl (C=O) groups excluding carboxylic acids is 1. The monoisotopic (exact) mass is 281 g/mol. The summed E-state index contributed by atoms with van der Waals surface area (Å²) < 4.78 is 5.43. The first-order valence-electron chi connectivity index (χ1n) is 6.78. The predicted molar refractivity (Wildman–Crippen MR) is 79.0 cm³/mol. The van der Waals surface area contributed by atoms with Gasteiger partial charge in [0.05, 0.1) is 0 Å². The van der Waals surface area contributed by atoms with Crippen LogP contribution in [0.5, 0.6) is 0 Å². The van der Waals surface area contributed by atoms with Crippen LogP contribution in [0.4, 0.5) is 0 Å². The molecule has 2 heterocycles. The number of aryl methyl sites for hydroxylation is 1. The highest BCUT2D eigenvalue weighted by molar-refractivity contribution is 5.92. The van der Waals surface area contributed by atoms with E-state index in [1.54, 1.807) is 24.4 Å². The molecule has 5 nitrogen and oxygen atoms in total. The highest BCUT2D eigenvalue weighted by atomic mass is 16.3. The highest BCUT2D eigenvalue weighted by Gasteiger charge is 2.06. The third-order valence-electron chi connectivity index (χ3n) is 3.16. The fourth-order valence-corrected chi connectivity index (χ4v) is 2.15. The quantitative estimate of drug-likeness (QED) is 0.797. The minimum Gasteiger partial charge on any atom is -0.441 e. The molecule has 0 aliphatic heterocycles. The van der Waals surface area contributed by atoms with Crippen molar-refractivity contribution in [3.8, 4) is 0 Å². The number of hydrogen-bond acceptors (Lipinski definition) is 4. The number of amides is 1. The van der Waals surface area contributed by atoms with Crippen LogP contribution in [0.3, 0.4) is 0 Å². The van der Waals surface area contributed by atoms with E-state index in [1.165, 1.54) is 0 Å². The molecule has 0 aliphatic rings. The van der Waals surface area contributed by atoms with Crippen LogP contribution in [-0.2, 0) is 6.42 Å². The van der Waals surface area contributed by atoms with Gasteiger partial charge in [0.25, 0.3) is 5.91 Å². The molecule has 0 spiro atoms. The Balaban J connectivity index is 1.60. The molecule has 3 rings (SSSR count). The van der Waals surface area contributed by atoms with Gasteiger partial charge in [-0.3, -0.25) is 9.78 Å². The molecule has 3 aromatic rings. The highest BCUT2D eigenvalue weighted by Crippen LogP contribution is 2.16. The van der Waals surface area contributed by atoms with Crippen molar-refractivity contribution in [2.24, 2.45) is 0 Å². The molecule has 2 aromatic heterocycles. The second kappa shape index (κ2) is 5.75. The van der Waals surface area contributed by atoms with Crippen LogP contribution >= 0.6 is 0 Å². The molecule has 0 saturated heterocycles. The maximum atomic E-state index is 11.8. The standard InChI is InChI=1S/C16H15N3O2/c1-11-19-14-10-12(5-6-15(14)21-11)7-9-18-16(20)13-4-2-3-8-17-13/h2-6,8,10H,7,9H2,1H3,(H,18,20). The normalized spacial score (nSPS) is 10.7. The second-order valence-electron chi connectivity index (χ2n) is 4.76. The summed E-state index contributed by atoms with van der Waals surface area (Å²) in [5.41, 5.74) is 3.17. The van der Waals surface area contributed by atoms with Crippen molar-refractivity contribution in [2.75, 3.05) is 6.54 Å². The number of nitrogens with zero attached hydrogens (tertiary/aromatic N) is 2. The van der Waals surface area contributed by atoms with E-state index in [1.807, 2.05) is 25.1 Å². The van der Waals surface area contributed by atoms with Gasteiger partial charge in [-0.15, -0.1) is 0 Å². The van der Waals surface area contributed by atoms with E-state index < -0.39 is 0 Å². The summed E-state index contributed by atoms with van der Waals surface area (Å²) in [6.45, 7) is 2.38. The lowest BCUT2D eigenvalue weighted by Gasteiger charge is -2.04. The molecule has 0 atom stereocenters. The zero-order valence-corrected chi connectivity index (χ0v) is 11.7. The molecule has 0 saturated carbocycles. The van der Waals surface area contributed by atoms with Crippen molar-refractivity contribution in [3.05, 3.63) is 59.7 Å². The molecule has 0 bridgehead atoms. The Kier molecular flexibility index (Phi) is 3.64. The molecular weight excluding hydrogens is 266 g/mol. The average Bonchev–Trinajstić information content (AvgIpc) is 2.87. The maximum Gasteiger partial charge on any atom is 0.269 e. The minimum absolute atomic E-state index is 0.158. The first kappa shape index (κ1) is 13.3. The van der Waals surface area contributed by atoms with E-state index in [0.29, 0.717) is 18.1 Å². The molecule has 0 fully saturated rings. The van der Waals surface area contributed by atoms with Crippen LogP contribution in [0.2, 0.25) is 0 Å². The van der Waals surface area contributed by atoms with E-state index in [-0.39, 0.29) is 5.91 Å². The molecule has 1 aromatic carbocycles. The van der Waals surface area contributed by atoms with Crippen LogP contribution in [0.15, 0.2) is 47.0 Å². The third-order valence-corrected chi connectivity index (χ3v) is 3.16. The number of hydrogen-bond donors (Lipinski definition) is 1. The summed E-state index contributed by atoms with van der Waals surface area (Å²) in [6, 6.07) is 11.2. The van der Waals surface area contributed by atoms with Crippen molar-refractivity contribution in [2.45, 2.75) is 13.3 Å². The average molecular weight is 281 g/mol. The topological polar surface area (TPSA) is 68.0 Å². The lowest BCUT2D eigenvalue weighted by molar-refractivity contribution is 0.0949. The molecule has 0 unspecified atom stereocenters. The largest absolute Gasteiger partial charge is 0.441 e. The molecule has 106 valence electrons. The van der Waals surface area contributed by atoms with Crippen molar-refractivity contribution in [1.29, 1.82) is 0 Å². The summed E-state index contributed by atoms with van der Waals surface area (Å²) >= 11 is 0. The van der Waals surface area contributed by atoms with Gasteiger partial charge in [0.15, 0.2) is 11.5 Å². The predicted octanol–water partition coefficient (Wildman–Crippen LogP) is 2.50. The number of carbonyl (C=O) groups is 1. The summed E-state index contributed by atoms with van der Waals surface area (Å²) in [6.07, 6.45) is 2.34. The Hall–Kier alpha value is -2.69. The van der Waals surface area contributed by atoms with Crippen molar-refractivity contribution in [3.63, 3.8) is 0 Å². The van der Waals surface area contributed by atoms with E-state index >= 15 is 0 Å². The Bertz CT molecular complexity index is 766. The number of pyridine rings is 1. The van der Waals surface area contributed by atoms with E-state index in [2.05, 4.69) is 15.3 Å². The van der Waals surface area contributed by atoms with Crippen LogP contribution in [0, 0.1) is 6.92 Å². The zero-order valence-electron chi connectivity index (χ0n) is 11.7. The number of aromatic nitrogens is 2. The lowest BCUT2D eigenvalue weighted by Crippen LogP contribution is -2.26. The molecule has 5 heteroatoms. The van der Waals surface area contributed by atoms with Gasteiger partial charge >= 0.3 is 0 Å². The number of rotatable bonds is 4. The molecule has 0 aliphatic carbocycles. The number of benzene rings is 1. The van der Waals surface area contributed by atoms with Crippen molar-refractivity contribution < 1.29 is 9.21 Å². The summed E-state index contributed by atoms with van der Waals surface area (Å²) in [5.74, 6) is 0.500. The summed E-state index contributed by atoms with van der Waals surface area (Å²) in [5, 5.41) is 2.86. The Morgan fingerprint density at radius 1 is 1.29 bits per heavy atom. The third kappa shape index (κ3) is 3.08. The summed E-state index contributed by atoms with van der Waals surface area (Å²) in [4.78, 5) is 20.2. The Morgan fingerprint density at radius 3 is 3.00 bits per heavy atom. The van der Waals surface area contributed by atoms with Crippen molar-refractivity contribution >= 4 is 17.0 Å². The van der Waals surface area contributed by atoms with Gasteiger partial charge in [0, 0.05) is 19.7 Å². The molecule has 1 N–H and O–H groups in total. The molecular formula is C16H15N3O2. The van der Waals surface area contributed by atoms with Gasteiger partial charge in [0.1, 0.15) is 11.2 Å². The number of oxazole rings is 1. The van der Waals surface area contributed by atoms with Gasteiger partial charge < -0.3 is 9.73 Å². The fraction of sp³-hybridized carbons (Fsp3) is 0.188. The fourth-order valence-electron chi connectivity index (χ4n) is 2.15. The van der Waals surface area contributed by atoms with E-state index in [9.17, 15) is 4.79 Å². The maximum absolute atomic E-state index is 11.8. The zero-order chi connectivity index (χ0) is 14.7. The van der Waals surface area contributed by atoms with Gasteiger partial charge in [-0.25, -0.2) is 4.98 Å². The van der Waals surface area contributed by atoms with E-state index in [4.69, 9.17) is 4.42 Å². The lowest BCUT2D eigenvalue weighted by atomic mass is 10.1. The van der Waals surface area contributed by atoms with Gasteiger partial charge in [-0.05, 0) is 36.2 Å². The number of nitrogens with one attached hydrogen (secondary N) is 1. The molecule has 1 amide bonds. The smallest absolute Gasteiger partial charge is 0.269 e. The van der Waals surface area contributed by atoms with Gasteiger partial charge in [0.2, 0.25) is 0 Å². The van der Waals surface area contributed by atoms with Gasteiger partial charge in [-0.1, -0.05) is 12.1 Å². The number of fused-ring (bicyclic) bond motifs is 1. The first-order valence-corrected chi connectivity index (χ1v) is 6.78. The minimum atomic E-state index is -0.158. The van der Waals surface area contributed by atoms with Crippen LogP contribution in [0.1, 0.15) is 21.9 Å². The second-order valence-corrected chi connectivity index (χ2v) is 4.76. The van der Waals surface area contributed by atoms with Gasteiger partial charge in [-0.2, -0.15) is 0 Å². The van der Waals surface area contributed by atoms with Crippen molar-refractivity contribution in [1.82, 2.24) is 15.3 Å².